The molecule has 0 unspecified atom stereocenters. The lowest BCUT2D eigenvalue weighted by Gasteiger charge is -2.05. The second kappa shape index (κ2) is 5.32. The maximum atomic E-state index is 13.1. The summed E-state index contributed by atoms with van der Waals surface area (Å²) in [5, 5.41) is 16.2. The third kappa shape index (κ3) is 3.14. The van der Waals surface area contributed by atoms with Crippen molar-refractivity contribution >= 4 is 15.7 Å². The monoisotopic (exact) mass is 295 g/mol. The molecule has 0 radical (unpaired) electrons. The summed E-state index contributed by atoms with van der Waals surface area (Å²) in [6.45, 7) is 0.173. The van der Waals surface area contributed by atoms with E-state index in [0.29, 0.717) is 11.4 Å². The van der Waals surface area contributed by atoms with Gasteiger partial charge in [-0.15, -0.1) is 0 Å². The highest BCUT2D eigenvalue weighted by molar-refractivity contribution is 7.89. The third-order valence-electron chi connectivity index (χ3n) is 2.47. The van der Waals surface area contributed by atoms with Crippen LogP contribution in [0.3, 0.4) is 0 Å². The fourth-order valence-electron chi connectivity index (χ4n) is 1.52. The van der Waals surface area contributed by atoms with Crippen molar-refractivity contribution in [1.29, 1.82) is 5.26 Å². The van der Waals surface area contributed by atoms with Gasteiger partial charge in [0.05, 0.1) is 12.1 Å². The molecule has 0 aliphatic heterocycles. The van der Waals surface area contributed by atoms with Crippen LogP contribution in [-0.4, -0.2) is 8.42 Å². The van der Waals surface area contributed by atoms with Gasteiger partial charge in [0, 0.05) is 5.69 Å². The van der Waals surface area contributed by atoms with Crippen LogP contribution in [0.15, 0.2) is 39.8 Å². The van der Waals surface area contributed by atoms with Crippen molar-refractivity contribution in [3.8, 4) is 6.07 Å². The molecule has 8 heteroatoms. The van der Waals surface area contributed by atoms with E-state index >= 15 is 0 Å². The van der Waals surface area contributed by atoms with Gasteiger partial charge in [0.2, 0.25) is 5.09 Å². The first-order valence-corrected chi connectivity index (χ1v) is 7.00. The number of nitrogens with two attached hydrogens (primary N) is 1. The number of nitriles is 1. The average Bonchev–Trinajstić information content (AvgIpc) is 2.86. The van der Waals surface area contributed by atoms with Gasteiger partial charge in [-0.1, -0.05) is 0 Å². The number of nitrogens with zero attached hydrogens (tertiary/aromatic N) is 1. The van der Waals surface area contributed by atoms with Crippen LogP contribution >= 0.6 is 0 Å². The molecule has 104 valence electrons. The fourth-order valence-corrected chi connectivity index (χ4v) is 2.00. The van der Waals surface area contributed by atoms with E-state index in [2.05, 4.69) is 5.32 Å². The van der Waals surface area contributed by atoms with E-state index in [-0.39, 0.29) is 17.2 Å². The Morgan fingerprint density at radius 1 is 1.35 bits per heavy atom. The molecule has 0 amide bonds. The Kier molecular flexibility index (Phi) is 3.74. The van der Waals surface area contributed by atoms with Crippen LogP contribution < -0.4 is 10.5 Å². The Bertz CT molecular complexity index is 777. The Balaban J connectivity index is 2.10. The van der Waals surface area contributed by atoms with Crippen LogP contribution in [0.5, 0.6) is 0 Å². The topological polar surface area (TPSA) is 109 Å². The number of halogens is 1. The largest absolute Gasteiger partial charge is 0.446 e. The molecule has 0 atom stereocenters. The highest BCUT2D eigenvalue weighted by atomic mass is 32.2. The van der Waals surface area contributed by atoms with Gasteiger partial charge >= 0.3 is 0 Å². The molecule has 1 aromatic heterocycles. The highest BCUT2D eigenvalue weighted by Gasteiger charge is 2.13. The van der Waals surface area contributed by atoms with Gasteiger partial charge in [0.15, 0.2) is 0 Å². The molecule has 2 aromatic rings. The summed E-state index contributed by atoms with van der Waals surface area (Å²) in [7, 11) is -3.87. The van der Waals surface area contributed by atoms with Crippen molar-refractivity contribution in [2.75, 3.05) is 5.32 Å². The van der Waals surface area contributed by atoms with Gasteiger partial charge in [0.1, 0.15) is 17.6 Å². The smallest absolute Gasteiger partial charge is 0.271 e. The minimum atomic E-state index is -3.87. The van der Waals surface area contributed by atoms with E-state index in [1.54, 1.807) is 6.07 Å². The number of primary sulfonamides is 1. The van der Waals surface area contributed by atoms with Crippen LogP contribution in [0.25, 0.3) is 0 Å². The average molecular weight is 295 g/mol. The zero-order valence-electron chi connectivity index (χ0n) is 10.1. The molecule has 0 aliphatic rings. The first-order valence-electron chi connectivity index (χ1n) is 5.45. The van der Waals surface area contributed by atoms with Crippen LogP contribution in [0.2, 0.25) is 0 Å². The predicted octanol–water partition coefficient (Wildman–Crippen LogP) is 1.55. The molecule has 1 heterocycles. The maximum absolute atomic E-state index is 13.1. The summed E-state index contributed by atoms with van der Waals surface area (Å²) >= 11 is 0. The summed E-state index contributed by atoms with van der Waals surface area (Å²) in [5.74, 6) is -0.260. The summed E-state index contributed by atoms with van der Waals surface area (Å²) in [6, 6.07) is 8.40. The number of rotatable bonds is 4. The second-order valence-electron chi connectivity index (χ2n) is 3.93. The Hall–Kier alpha value is -2.37. The van der Waals surface area contributed by atoms with E-state index < -0.39 is 15.8 Å². The van der Waals surface area contributed by atoms with Crippen molar-refractivity contribution in [2.24, 2.45) is 5.14 Å². The van der Waals surface area contributed by atoms with E-state index in [1.165, 1.54) is 30.3 Å². The van der Waals surface area contributed by atoms with Gasteiger partial charge in [-0.25, -0.2) is 17.9 Å². The van der Waals surface area contributed by atoms with Crippen molar-refractivity contribution < 1.29 is 17.2 Å². The first-order chi connectivity index (χ1) is 9.40. The summed E-state index contributed by atoms with van der Waals surface area (Å²) in [4.78, 5) is 0. The molecule has 0 aliphatic carbocycles. The summed E-state index contributed by atoms with van der Waals surface area (Å²) in [5.41, 5.74) is 0.427. The Morgan fingerprint density at radius 2 is 2.10 bits per heavy atom. The lowest BCUT2D eigenvalue weighted by Crippen LogP contribution is -2.10. The number of benzene rings is 1. The van der Waals surface area contributed by atoms with Crippen molar-refractivity contribution in [3.63, 3.8) is 0 Å². The predicted molar refractivity (Wildman–Crippen MR) is 68.5 cm³/mol. The molecule has 1 aromatic carbocycles. The normalized spacial score (nSPS) is 11.1. The van der Waals surface area contributed by atoms with Gasteiger partial charge < -0.3 is 9.73 Å². The Labute approximate surface area is 114 Å². The molecule has 0 fully saturated rings. The molecule has 0 bridgehead atoms. The van der Waals surface area contributed by atoms with Crippen molar-refractivity contribution in [1.82, 2.24) is 0 Å². The van der Waals surface area contributed by atoms with Crippen molar-refractivity contribution in [3.05, 3.63) is 47.5 Å². The molecular weight excluding hydrogens is 285 g/mol. The molecule has 0 saturated carbocycles. The third-order valence-corrected chi connectivity index (χ3v) is 3.25. The molecule has 6 nitrogen and oxygen atoms in total. The number of nitrogens with one attached hydrogen (secondary N) is 1. The molecular formula is C12H10FN3O3S. The fraction of sp³-hybridized carbons (Fsp3) is 0.0833. The quantitative estimate of drug-likeness (QED) is 0.889. The maximum Gasteiger partial charge on any atom is 0.271 e. The van der Waals surface area contributed by atoms with E-state index in [9.17, 15) is 12.8 Å². The minimum Gasteiger partial charge on any atom is -0.446 e. The molecule has 3 N–H and O–H groups in total. The first kappa shape index (κ1) is 14.0. The van der Waals surface area contributed by atoms with E-state index in [1.807, 2.05) is 0 Å². The van der Waals surface area contributed by atoms with Crippen LogP contribution in [-0.2, 0) is 16.6 Å². The number of anilines is 1. The SMILES string of the molecule is N#Cc1cc(NCc2ccc(S(N)(=O)=O)o2)ccc1F. The number of hydrogen-bond donors (Lipinski definition) is 2. The molecule has 0 saturated heterocycles. The van der Waals surface area contributed by atoms with E-state index in [4.69, 9.17) is 14.8 Å². The van der Waals surface area contributed by atoms with E-state index in [0.717, 1.165) is 0 Å². The number of hydrogen-bond acceptors (Lipinski definition) is 5. The van der Waals surface area contributed by atoms with Crippen LogP contribution in [0.1, 0.15) is 11.3 Å². The molecule has 20 heavy (non-hydrogen) atoms. The molecule has 0 spiro atoms. The lowest BCUT2D eigenvalue weighted by molar-refractivity contribution is 0.419. The van der Waals surface area contributed by atoms with Gasteiger partial charge in [-0.3, -0.25) is 0 Å². The standard InChI is InChI=1S/C12H10FN3O3S/c13-11-3-1-9(5-8(11)6-14)16-7-10-2-4-12(19-10)20(15,17)18/h1-5,16H,7H2,(H2,15,17,18). The summed E-state index contributed by atoms with van der Waals surface area (Å²) in [6.07, 6.45) is 0. The van der Waals surface area contributed by atoms with Gasteiger partial charge in [-0.2, -0.15) is 5.26 Å². The number of furan rings is 1. The number of sulfonamides is 1. The highest BCUT2D eigenvalue weighted by Crippen LogP contribution is 2.17. The zero-order valence-corrected chi connectivity index (χ0v) is 10.9. The van der Waals surface area contributed by atoms with Crippen LogP contribution in [0.4, 0.5) is 10.1 Å². The summed E-state index contributed by atoms with van der Waals surface area (Å²) < 4.78 is 40.2. The van der Waals surface area contributed by atoms with Crippen LogP contribution in [0, 0.1) is 17.1 Å². The minimum absolute atomic E-state index is 0.0836. The second-order valence-corrected chi connectivity index (χ2v) is 5.42. The van der Waals surface area contributed by atoms with Gasteiger partial charge in [0.25, 0.3) is 10.0 Å². The molecule has 2 rings (SSSR count). The van der Waals surface area contributed by atoms with Gasteiger partial charge in [-0.05, 0) is 30.3 Å². The van der Waals surface area contributed by atoms with Crippen molar-refractivity contribution in [2.45, 2.75) is 11.6 Å². The lowest BCUT2D eigenvalue weighted by atomic mass is 10.2. The Morgan fingerprint density at radius 3 is 2.70 bits per heavy atom. The zero-order chi connectivity index (χ0) is 14.8.